The van der Waals surface area contributed by atoms with E-state index < -0.39 is 6.09 Å². The Labute approximate surface area is 138 Å². The number of H-pyrrole nitrogens is 1. The second kappa shape index (κ2) is 8.77. The number of hydrogen-bond donors (Lipinski definition) is 3. The lowest BCUT2D eigenvalue weighted by atomic mass is 10.0. The van der Waals surface area contributed by atoms with Crippen LogP contribution in [0.25, 0.3) is 0 Å². The first kappa shape index (κ1) is 18.5. The number of aromatic nitrogens is 2. The quantitative estimate of drug-likeness (QED) is 0.682. The summed E-state index contributed by atoms with van der Waals surface area (Å²) in [6.07, 6.45) is 0.263. The van der Waals surface area contributed by atoms with Gasteiger partial charge in [-0.25, -0.2) is 4.79 Å². The Hall–Kier alpha value is -1.57. The van der Waals surface area contributed by atoms with Crippen molar-refractivity contribution in [3.8, 4) is 0 Å². The molecule has 0 radical (unpaired) electrons. The number of amides is 2. The lowest BCUT2D eigenvalue weighted by molar-refractivity contribution is 0.0938. The highest BCUT2D eigenvalue weighted by Gasteiger charge is 2.19. The van der Waals surface area contributed by atoms with Crippen molar-refractivity contribution in [2.45, 2.75) is 40.2 Å². The Kier molecular flexibility index (Phi) is 7.37. The van der Waals surface area contributed by atoms with Crippen molar-refractivity contribution in [2.24, 2.45) is 5.92 Å². The Morgan fingerprint density at radius 1 is 1.41 bits per heavy atom. The molecular weight excluding hydrogens is 352 g/mol. The van der Waals surface area contributed by atoms with Crippen molar-refractivity contribution in [1.29, 1.82) is 0 Å². The van der Waals surface area contributed by atoms with Gasteiger partial charge in [0.05, 0.1) is 11.1 Å². The first-order valence-corrected chi connectivity index (χ1v) is 8.06. The van der Waals surface area contributed by atoms with Gasteiger partial charge in [-0.2, -0.15) is 5.10 Å². The molecule has 1 aromatic heterocycles. The molecule has 0 spiro atoms. The number of ether oxygens (including phenoxy) is 1. The van der Waals surface area contributed by atoms with Gasteiger partial charge in [-0.05, 0) is 42.1 Å². The average Bonchev–Trinajstić information content (AvgIpc) is 2.76. The number of carbonyl (C=O) groups excluding carboxylic acids is 2. The zero-order valence-corrected chi connectivity index (χ0v) is 14.9. The summed E-state index contributed by atoms with van der Waals surface area (Å²) in [5.74, 6) is 0.0823. The fourth-order valence-corrected chi connectivity index (χ4v) is 2.32. The maximum atomic E-state index is 12.1. The van der Waals surface area contributed by atoms with E-state index in [4.69, 9.17) is 4.74 Å². The smallest absolute Gasteiger partial charge is 0.407 e. The standard InChI is InChI=1S/C14H23BrN4O3/c1-5-22-14(21)17-10(6-8(2)3)7-16-13(20)12-11(15)9(4)18-19-12/h8,10H,5-7H2,1-4H3,(H,16,20)(H,17,21)(H,18,19)/t10-/m1/s1. The van der Waals surface area contributed by atoms with E-state index in [0.29, 0.717) is 29.2 Å². The van der Waals surface area contributed by atoms with E-state index >= 15 is 0 Å². The molecular formula is C14H23BrN4O3. The van der Waals surface area contributed by atoms with Crippen molar-refractivity contribution < 1.29 is 14.3 Å². The van der Waals surface area contributed by atoms with Crippen LogP contribution in [0, 0.1) is 12.8 Å². The predicted molar refractivity (Wildman–Crippen MR) is 86.8 cm³/mol. The number of carbonyl (C=O) groups is 2. The lowest BCUT2D eigenvalue weighted by Gasteiger charge is -2.20. The largest absolute Gasteiger partial charge is 0.450 e. The summed E-state index contributed by atoms with van der Waals surface area (Å²) >= 11 is 3.31. The normalized spacial score (nSPS) is 12.1. The van der Waals surface area contributed by atoms with Gasteiger partial charge in [0, 0.05) is 18.3 Å². The highest BCUT2D eigenvalue weighted by atomic mass is 79.9. The molecule has 0 aliphatic carbocycles. The van der Waals surface area contributed by atoms with Gasteiger partial charge in [-0.3, -0.25) is 9.89 Å². The maximum Gasteiger partial charge on any atom is 0.407 e. The number of nitrogens with zero attached hydrogens (tertiary/aromatic N) is 1. The van der Waals surface area contributed by atoms with Crippen molar-refractivity contribution in [3.63, 3.8) is 0 Å². The van der Waals surface area contributed by atoms with E-state index in [9.17, 15) is 9.59 Å². The summed E-state index contributed by atoms with van der Waals surface area (Å²) < 4.78 is 5.52. The average molecular weight is 375 g/mol. The minimum Gasteiger partial charge on any atom is -0.450 e. The lowest BCUT2D eigenvalue weighted by Crippen LogP contribution is -2.44. The van der Waals surface area contributed by atoms with Crippen LogP contribution in [0.3, 0.4) is 0 Å². The molecule has 22 heavy (non-hydrogen) atoms. The number of hydrogen-bond acceptors (Lipinski definition) is 4. The molecule has 7 nitrogen and oxygen atoms in total. The third-order valence-corrected chi connectivity index (χ3v) is 3.92. The van der Waals surface area contributed by atoms with Crippen molar-refractivity contribution in [2.75, 3.05) is 13.2 Å². The zero-order chi connectivity index (χ0) is 16.7. The van der Waals surface area contributed by atoms with Gasteiger partial charge >= 0.3 is 6.09 Å². The monoisotopic (exact) mass is 374 g/mol. The van der Waals surface area contributed by atoms with Gasteiger partial charge in [-0.15, -0.1) is 0 Å². The number of aryl methyl sites for hydroxylation is 1. The second-order valence-electron chi connectivity index (χ2n) is 5.41. The van der Waals surface area contributed by atoms with Crippen LogP contribution in [0.5, 0.6) is 0 Å². The van der Waals surface area contributed by atoms with Crippen LogP contribution in [-0.4, -0.2) is 41.4 Å². The minimum atomic E-state index is -0.473. The van der Waals surface area contributed by atoms with Gasteiger partial charge < -0.3 is 15.4 Å². The molecule has 0 bridgehead atoms. The maximum absolute atomic E-state index is 12.1. The molecule has 3 N–H and O–H groups in total. The third kappa shape index (κ3) is 5.67. The fraction of sp³-hybridized carbons (Fsp3) is 0.643. The van der Waals surface area contributed by atoms with Crippen LogP contribution in [0.1, 0.15) is 43.4 Å². The summed E-state index contributed by atoms with van der Waals surface area (Å²) in [5, 5.41) is 12.2. The molecule has 0 aromatic carbocycles. The van der Waals surface area contributed by atoms with Crippen molar-refractivity contribution in [1.82, 2.24) is 20.8 Å². The van der Waals surface area contributed by atoms with E-state index in [0.717, 1.165) is 12.1 Å². The molecule has 1 atom stereocenters. The number of aromatic amines is 1. The molecule has 0 saturated heterocycles. The number of alkyl carbamates (subject to hydrolysis) is 1. The van der Waals surface area contributed by atoms with Crippen LogP contribution in [0.4, 0.5) is 4.79 Å². The van der Waals surface area contributed by atoms with E-state index in [1.165, 1.54) is 0 Å². The zero-order valence-electron chi connectivity index (χ0n) is 13.3. The molecule has 1 aromatic rings. The first-order valence-electron chi connectivity index (χ1n) is 7.27. The highest BCUT2D eigenvalue weighted by molar-refractivity contribution is 9.10. The highest BCUT2D eigenvalue weighted by Crippen LogP contribution is 2.17. The predicted octanol–water partition coefficient (Wildman–Crippen LogP) is 2.37. The van der Waals surface area contributed by atoms with E-state index in [2.05, 4.69) is 50.6 Å². The van der Waals surface area contributed by atoms with E-state index in [-0.39, 0.29) is 11.9 Å². The van der Waals surface area contributed by atoms with Gasteiger partial charge in [0.1, 0.15) is 0 Å². The van der Waals surface area contributed by atoms with E-state index in [1.54, 1.807) is 6.92 Å². The summed E-state index contributed by atoms with van der Waals surface area (Å²) in [7, 11) is 0. The molecule has 1 rings (SSSR count). The summed E-state index contributed by atoms with van der Waals surface area (Å²) in [6, 6.07) is -0.193. The summed E-state index contributed by atoms with van der Waals surface area (Å²) in [6.45, 7) is 8.29. The Morgan fingerprint density at radius 3 is 2.59 bits per heavy atom. The Balaban J connectivity index is 2.60. The van der Waals surface area contributed by atoms with Crippen LogP contribution >= 0.6 is 15.9 Å². The molecule has 8 heteroatoms. The molecule has 124 valence electrons. The van der Waals surface area contributed by atoms with Crippen molar-refractivity contribution in [3.05, 3.63) is 15.9 Å². The minimum absolute atomic E-state index is 0.193. The first-order chi connectivity index (χ1) is 10.3. The Morgan fingerprint density at radius 2 is 2.09 bits per heavy atom. The van der Waals surface area contributed by atoms with Gasteiger partial charge in [0.25, 0.3) is 5.91 Å². The molecule has 0 aliphatic rings. The molecule has 0 unspecified atom stereocenters. The van der Waals surface area contributed by atoms with Crippen LogP contribution in [0.15, 0.2) is 4.47 Å². The second-order valence-corrected chi connectivity index (χ2v) is 6.21. The van der Waals surface area contributed by atoms with E-state index in [1.807, 2.05) is 6.92 Å². The fourth-order valence-electron chi connectivity index (χ4n) is 1.97. The molecule has 0 aliphatic heterocycles. The molecule has 1 heterocycles. The van der Waals surface area contributed by atoms with Crippen LogP contribution in [-0.2, 0) is 4.74 Å². The van der Waals surface area contributed by atoms with Crippen LogP contribution in [0.2, 0.25) is 0 Å². The van der Waals surface area contributed by atoms with Crippen LogP contribution < -0.4 is 10.6 Å². The topological polar surface area (TPSA) is 96.1 Å². The van der Waals surface area contributed by atoms with Gasteiger partial charge in [0.2, 0.25) is 0 Å². The Bertz CT molecular complexity index is 516. The summed E-state index contributed by atoms with van der Waals surface area (Å²) in [5.41, 5.74) is 1.09. The number of halogens is 1. The number of nitrogens with one attached hydrogen (secondary N) is 3. The van der Waals surface area contributed by atoms with Gasteiger partial charge in [0.15, 0.2) is 5.69 Å². The molecule has 2 amide bonds. The molecule has 0 saturated carbocycles. The van der Waals surface area contributed by atoms with Gasteiger partial charge in [-0.1, -0.05) is 13.8 Å². The summed E-state index contributed by atoms with van der Waals surface area (Å²) in [4.78, 5) is 23.6. The third-order valence-electron chi connectivity index (χ3n) is 2.95. The number of rotatable bonds is 7. The SMILES string of the molecule is CCOC(=O)N[C@@H](CNC(=O)c1n[nH]c(C)c1Br)CC(C)C. The van der Waals surface area contributed by atoms with Crippen molar-refractivity contribution >= 4 is 27.9 Å². The molecule has 0 fully saturated rings.